The summed E-state index contributed by atoms with van der Waals surface area (Å²) in [6.07, 6.45) is 23.4. The molecule has 0 fully saturated rings. The van der Waals surface area contributed by atoms with Crippen LogP contribution in [0.3, 0.4) is 0 Å². The van der Waals surface area contributed by atoms with Crippen molar-refractivity contribution < 1.29 is 22.5 Å². The van der Waals surface area contributed by atoms with Crippen molar-refractivity contribution >= 4 is 16.1 Å². The summed E-state index contributed by atoms with van der Waals surface area (Å²) in [5, 5.41) is -1.43. The normalized spacial score (nSPS) is 12.7. The minimum atomic E-state index is -4.41. The van der Waals surface area contributed by atoms with Gasteiger partial charge in [-0.25, -0.2) is 0 Å². The van der Waals surface area contributed by atoms with Crippen LogP contribution in [-0.2, 0) is 19.6 Å². The fraction of sp³-hybridized carbons (Fsp3) is 0.962. The summed E-state index contributed by atoms with van der Waals surface area (Å²) >= 11 is 0. The van der Waals surface area contributed by atoms with E-state index >= 15 is 0 Å². The Morgan fingerprint density at radius 2 is 0.969 bits per heavy atom. The molecule has 0 heterocycles. The standard InChI is InChI=1S/C26H52O5S/c1-3-5-7-9-11-13-14-15-16-18-20-22-24-31-26(27)25(32(28,29)30)23-21-19-17-12-10-8-6-4-2/h25H,3-24H2,1-2H3,(H,28,29,30). The van der Waals surface area contributed by atoms with E-state index in [-0.39, 0.29) is 13.0 Å². The minimum absolute atomic E-state index is 0.144. The van der Waals surface area contributed by atoms with Gasteiger partial charge in [0.05, 0.1) is 6.61 Å². The molecule has 0 aromatic rings. The predicted molar refractivity (Wildman–Crippen MR) is 135 cm³/mol. The summed E-state index contributed by atoms with van der Waals surface area (Å²) in [6.45, 7) is 4.66. The maximum Gasteiger partial charge on any atom is 0.326 e. The monoisotopic (exact) mass is 476 g/mol. The van der Waals surface area contributed by atoms with Crippen LogP contribution < -0.4 is 0 Å². The first-order chi connectivity index (χ1) is 15.4. The molecule has 1 unspecified atom stereocenters. The van der Waals surface area contributed by atoms with Crippen molar-refractivity contribution in [3.8, 4) is 0 Å². The first-order valence-corrected chi connectivity index (χ1v) is 15.1. The lowest BCUT2D eigenvalue weighted by molar-refractivity contribution is -0.143. The molecule has 0 saturated heterocycles. The van der Waals surface area contributed by atoms with Crippen LogP contribution in [-0.4, -0.2) is 30.8 Å². The fourth-order valence-corrected chi connectivity index (χ4v) is 4.84. The number of carbonyl (C=O) groups is 1. The molecule has 5 nitrogen and oxygen atoms in total. The van der Waals surface area contributed by atoms with Crippen LogP contribution >= 0.6 is 0 Å². The number of unbranched alkanes of at least 4 members (excludes halogenated alkanes) is 18. The van der Waals surface area contributed by atoms with E-state index in [1.165, 1.54) is 83.5 Å². The Morgan fingerprint density at radius 3 is 1.34 bits per heavy atom. The Balaban J connectivity index is 3.76. The third kappa shape index (κ3) is 20.0. The van der Waals surface area contributed by atoms with Crippen LogP contribution in [0.1, 0.15) is 149 Å². The van der Waals surface area contributed by atoms with Gasteiger partial charge in [-0.15, -0.1) is 0 Å². The van der Waals surface area contributed by atoms with Crippen LogP contribution in [0.5, 0.6) is 0 Å². The van der Waals surface area contributed by atoms with E-state index in [0.29, 0.717) is 6.42 Å². The molecule has 6 heteroatoms. The molecular weight excluding hydrogens is 424 g/mol. The molecule has 0 spiro atoms. The van der Waals surface area contributed by atoms with Crippen molar-refractivity contribution in [1.29, 1.82) is 0 Å². The van der Waals surface area contributed by atoms with Gasteiger partial charge in [-0.05, 0) is 12.8 Å². The molecule has 0 radical (unpaired) electrons. The number of rotatable bonds is 24. The van der Waals surface area contributed by atoms with E-state index < -0.39 is 21.3 Å². The molecule has 0 aliphatic rings. The number of hydrogen-bond acceptors (Lipinski definition) is 4. The van der Waals surface area contributed by atoms with Gasteiger partial charge in [0.15, 0.2) is 5.25 Å². The van der Waals surface area contributed by atoms with Crippen molar-refractivity contribution in [1.82, 2.24) is 0 Å². The fourth-order valence-electron chi connectivity index (χ4n) is 4.06. The minimum Gasteiger partial charge on any atom is -0.465 e. The second-order valence-electron chi connectivity index (χ2n) is 9.32. The zero-order valence-electron chi connectivity index (χ0n) is 21.1. The molecule has 0 bridgehead atoms. The first-order valence-electron chi connectivity index (χ1n) is 13.6. The summed E-state index contributed by atoms with van der Waals surface area (Å²) in [7, 11) is -4.41. The lowest BCUT2D eigenvalue weighted by Gasteiger charge is -2.13. The highest BCUT2D eigenvalue weighted by molar-refractivity contribution is 7.87. The molecule has 0 aromatic carbocycles. The molecule has 0 aromatic heterocycles. The largest absolute Gasteiger partial charge is 0.465 e. The van der Waals surface area contributed by atoms with Gasteiger partial charge in [-0.1, -0.05) is 136 Å². The molecule has 0 amide bonds. The Kier molecular flexibility index (Phi) is 21.8. The molecule has 192 valence electrons. The first kappa shape index (κ1) is 31.4. The van der Waals surface area contributed by atoms with Crippen molar-refractivity contribution in [2.75, 3.05) is 6.61 Å². The summed E-state index contributed by atoms with van der Waals surface area (Å²) in [5.41, 5.74) is 0. The SMILES string of the molecule is CCCCCCCCCCCCCCOC(=O)C(CCCCCCCCCC)S(=O)(=O)O. The average molecular weight is 477 g/mol. The Bertz CT molecular complexity index is 518. The Hall–Kier alpha value is -0.620. The van der Waals surface area contributed by atoms with E-state index in [2.05, 4.69) is 13.8 Å². The number of ether oxygens (including phenoxy) is 1. The highest BCUT2D eigenvalue weighted by Gasteiger charge is 2.31. The lowest BCUT2D eigenvalue weighted by atomic mass is 10.1. The molecule has 0 aliphatic heterocycles. The Labute approximate surface area is 199 Å². The van der Waals surface area contributed by atoms with Crippen LogP contribution in [0.2, 0.25) is 0 Å². The van der Waals surface area contributed by atoms with Gasteiger partial charge >= 0.3 is 5.97 Å². The number of esters is 1. The van der Waals surface area contributed by atoms with E-state index in [1.54, 1.807) is 0 Å². The third-order valence-corrected chi connectivity index (χ3v) is 7.33. The molecular formula is C26H52O5S. The van der Waals surface area contributed by atoms with Gasteiger partial charge in [0, 0.05) is 0 Å². The number of hydrogen-bond donors (Lipinski definition) is 1. The second-order valence-corrected chi connectivity index (χ2v) is 10.9. The second kappa shape index (κ2) is 22.2. The molecule has 1 N–H and O–H groups in total. The quantitative estimate of drug-likeness (QED) is 0.0866. The predicted octanol–water partition coefficient (Wildman–Crippen LogP) is 8.02. The van der Waals surface area contributed by atoms with Crippen molar-refractivity contribution in [3.05, 3.63) is 0 Å². The summed E-state index contributed by atoms with van der Waals surface area (Å²) < 4.78 is 37.8. The van der Waals surface area contributed by atoms with Gasteiger partial charge in [0.2, 0.25) is 0 Å². The smallest absolute Gasteiger partial charge is 0.326 e. The zero-order valence-corrected chi connectivity index (χ0v) is 21.9. The van der Waals surface area contributed by atoms with Gasteiger partial charge in [0.1, 0.15) is 0 Å². The average Bonchev–Trinajstić information content (AvgIpc) is 2.74. The highest BCUT2D eigenvalue weighted by Crippen LogP contribution is 2.16. The maximum atomic E-state index is 12.2. The van der Waals surface area contributed by atoms with E-state index in [4.69, 9.17) is 4.74 Å². The molecule has 0 aliphatic carbocycles. The third-order valence-electron chi connectivity index (χ3n) is 6.18. The lowest BCUT2D eigenvalue weighted by Crippen LogP contribution is -2.32. The van der Waals surface area contributed by atoms with Gasteiger partial charge < -0.3 is 4.74 Å². The van der Waals surface area contributed by atoms with Crippen molar-refractivity contribution in [3.63, 3.8) is 0 Å². The number of carbonyl (C=O) groups excluding carboxylic acids is 1. The van der Waals surface area contributed by atoms with E-state index in [0.717, 1.165) is 38.5 Å². The van der Waals surface area contributed by atoms with Crippen molar-refractivity contribution in [2.24, 2.45) is 0 Å². The van der Waals surface area contributed by atoms with E-state index in [1.807, 2.05) is 0 Å². The van der Waals surface area contributed by atoms with Crippen LogP contribution in [0.15, 0.2) is 0 Å². The van der Waals surface area contributed by atoms with Gasteiger partial charge in [-0.3, -0.25) is 9.35 Å². The summed E-state index contributed by atoms with van der Waals surface area (Å²) in [4.78, 5) is 12.2. The Morgan fingerprint density at radius 1 is 0.625 bits per heavy atom. The molecule has 0 saturated carbocycles. The molecule has 0 rings (SSSR count). The maximum absolute atomic E-state index is 12.2. The topological polar surface area (TPSA) is 80.7 Å². The van der Waals surface area contributed by atoms with Gasteiger partial charge in [-0.2, -0.15) is 8.42 Å². The molecule has 1 atom stereocenters. The summed E-state index contributed by atoms with van der Waals surface area (Å²) in [6, 6.07) is 0. The van der Waals surface area contributed by atoms with Crippen LogP contribution in [0.4, 0.5) is 0 Å². The van der Waals surface area contributed by atoms with Crippen LogP contribution in [0, 0.1) is 0 Å². The van der Waals surface area contributed by atoms with E-state index in [9.17, 15) is 17.8 Å². The highest BCUT2D eigenvalue weighted by atomic mass is 32.2. The van der Waals surface area contributed by atoms with Crippen LogP contribution in [0.25, 0.3) is 0 Å². The summed E-state index contributed by atoms with van der Waals surface area (Å²) in [5.74, 6) is -0.793. The molecule has 32 heavy (non-hydrogen) atoms. The van der Waals surface area contributed by atoms with Gasteiger partial charge in [0.25, 0.3) is 10.1 Å². The zero-order chi connectivity index (χ0) is 23.9. The van der Waals surface area contributed by atoms with Crippen molar-refractivity contribution in [2.45, 2.75) is 154 Å².